The van der Waals surface area contributed by atoms with Gasteiger partial charge in [-0.2, -0.15) is 0 Å². The van der Waals surface area contributed by atoms with Gasteiger partial charge >= 0.3 is 0 Å². The SMILES string of the molecule is O=C(C1CCNN1)N1CCc2ccc(S(=O)(=O)NCC3CCCO3)cc2C1. The van der Waals surface area contributed by atoms with Gasteiger partial charge < -0.3 is 9.64 Å². The number of hydrazine groups is 1. The number of nitrogens with zero attached hydrogens (tertiary/aromatic N) is 1. The third-order valence-corrected chi connectivity index (χ3v) is 6.89. The van der Waals surface area contributed by atoms with Crippen LogP contribution in [0.5, 0.6) is 0 Å². The molecule has 27 heavy (non-hydrogen) atoms. The number of amides is 1. The van der Waals surface area contributed by atoms with E-state index in [-0.39, 0.29) is 22.9 Å². The normalized spacial score (nSPS) is 25.6. The summed E-state index contributed by atoms with van der Waals surface area (Å²) >= 11 is 0. The average Bonchev–Trinajstić information content (AvgIpc) is 3.38. The molecular formula is C18H26N4O4S. The highest BCUT2D eigenvalue weighted by molar-refractivity contribution is 7.89. The van der Waals surface area contributed by atoms with E-state index >= 15 is 0 Å². The number of nitrogens with one attached hydrogen (secondary N) is 3. The average molecular weight is 394 g/mol. The molecule has 3 heterocycles. The molecule has 8 nitrogen and oxygen atoms in total. The number of sulfonamides is 1. The van der Waals surface area contributed by atoms with Crippen molar-refractivity contribution in [2.45, 2.75) is 49.3 Å². The lowest BCUT2D eigenvalue weighted by molar-refractivity contribution is -0.134. The maximum absolute atomic E-state index is 12.6. The van der Waals surface area contributed by atoms with Crippen molar-refractivity contribution in [1.82, 2.24) is 20.5 Å². The largest absolute Gasteiger partial charge is 0.377 e. The molecule has 0 spiro atoms. The zero-order valence-corrected chi connectivity index (χ0v) is 16.1. The zero-order valence-electron chi connectivity index (χ0n) is 15.2. The monoisotopic (exact) mass is 394 g/mol. The molecule has 1 aromatic rings. The Morgan fingerprint density at radius 1 is 1.30 bits per heavy atom. The molecule has 0 saturated carbocycles. The predicted molar refractivity (Wildman–Crippen MR) is 99.3 cm³/mol. The van der Waals surface area contributed by atoms with E-state index in [0.29, 0.717) is 26.2 Å². The fourth-order valence-electron chi connectivity index (χ4n) is 3.87. The van der Waals surface area contributed by atoms with Gasteiger partial charge in [0, 0.05) is 32.8 Å². The van der Waals surface area contributed by atoms with E-state index in [0.717, 1.165) is 43.4 Å². The lowest BCUT2D eigenvalue weighted by Crippen LogP contribution is -2.47. The summed E-state index contributed by atoms with van der Waals surface area (Å²) in [6, 6.07) is 5.02. The van der Waals surface area contributed by atoms with Gasteiger partial charge in [0.2, 0.25) is 15.9 Å². The Bertz CT molecular complexity index is 802. The van der Waals surface area contributed by atoms with Gasteiger partial charge in [-0.25, -0.2) is 18.6 Å². The number of benzene rings is 1. The van der Waals surface area contributed by atoms with Crippen molar-refractivity contribution in [3.05, 3.63) is 29.3 Å². The van der Waals surface area contributed by atoms with Gasteiger partial charge in [-0.1, -0.05) is 6.07 Å². The second-order valence-corrected chi connectivity index (χ2v) is 9.11. The molecule has 4 rings (SSSR count). The lowest BCUT2D eigenvalue weighted by atomic mass is 9.99. The summed E-state index contributed by atoms with van der Waals surface area (Å²) in [6.07, 6.45) is 3.32. The highest BCUT2D eigenvalue weighted by atomic mass is 32.2. The molecule has 1 amide bonds. The molecule has 0 aliphatic carbocycles. The van der Waals surface area contributed by atoms with Crippen LogP contribution in [0.4, 0.5) is 0 Å². The van der Waals surface area contributed by atoms with Gasteiger partial charge in [0.25, 0.3) is 0 Å². The molecule has 3 aliphatic heterocycles. The van der Waals surface area contributed by atoms with E-state index in [1.165, 1.54) is 0 Å². The predicted octanol–water partition coefficient (Wildman–Crippen LogP) is -0.105. The Balaban J connectivity index is 1.46. The summed E-state index contributed by atoms with van der Waals surface area (Å²) in [5, 5.41) is 0. The molecule has 3 aliphatic rings. The number of ether oxygens (including phenoxy) is 1. The Kier molecular flexibility index (Phi) is 5.47. The molecule has 2 saturated heterocycles. The van der Waals surface area contributed by atoms with Crippen LogP contribution in [0, 0.1) is 0 Å². The van der Waals surface area contributed by atoms with Crippen LogP contribution >= 0.6 is 0 Å². The Morgan fingerprint density at radius 3 is 2.93 bits per heavy atom. The summed E-state index contributed by atoms with van der Waals surface area (Å²) in [4.78, 5) is 14.7. The van der Waals surface area contributed by atoms with E-state index < -0.39 is 10.0 Å². The standard InChI is InChI=1S/C18H26N4O4S/c23-18(17-5-7-19-21-17)22-8-6-13-3-4-16(10-14(13)12-22)27(24,25)20-11-15-2-1-9-26-15/h3-4,10,15,17,19-21H,1-2,5-9,11-12H2. The van der Waals surface area contributed by atoms with Crippen molar-refractivity contribution >= 4 is 15.9 Å². The minimum absolute atomic E-state index is 0.0435. The van der Waals surface area contributed by atoms with E-state index in [9.17, 15) is 13.2 Å². The van der Waals surface area contributed by atoms with Gasteiger partial charge in [0.05, 0.1) is 11.0 Å². The molecule has 9 heteroatoms. The fourth-order valence-corrected chi connectivity index (χ4v) is 4.99. The smallest absolute Gasteiger partial charge is 0.241 e. The van der Waals surface area contributed by atoms with Gasteiger partial charge in [-0.3, -0.25) is 10.2 Å². The summed E-state index contributed by atoms with van der Waals surface area (Å²) in [5.74, 6) is 0.0652. The number of rotatable bonds is 5. The maximum Gasteiger partial charge on any atom is 0.241 e. The number of hydrogen-bond acceptors (Lipinski definition) is 6. The van der Waals surface area contributed by atoms with Crippen LogP contribution < -0.4 is 15.6 Å². The van der Waals surface area contributed by atoms with Crippen LogP contribution in [0.3, 0.4) is 0 Å². The molecule has 0 radical (unpaired) electrons. The van der Waals surface area contributed by atoms with E-state index in [2.05, 4.69) is 15.6 Å². The zero-order chi connectivity index (χ0) is 18.9. The van der Waals surface area contributed by atoms with Crippen molar-refractivity contribution in [2.24, 2.45) is 0 Å². The van der Waals surface area contributed by atoms with Crippen molar-refractivity contribution in [3.8, 4) is 0 Å². The molecule has 148 valence electrons. The van der Waals surface area contributed by atoms with Crippen LogP contribution in [0.2, 0.25) is 0 Å². The fraction of sp³-hybridized carbons (Fsp3) is 0.611. The summed E-state index contributed by atoms with van der Waals surface area (Å²) in [6.45, 7) is 2.87. The lowest BCUT2D eigenvalue weighted by Gasteiger charge is -2.31. The van der Waals surface area contributed by atoms with Gasteiger partial charge in [0.15, 0.2) is 0 Å². The summed E-state index contributed by atoms with van der Waals surface area (Å²) in [5.41, 5.74) is 7.99. The first-order valence-corrected chi connectivity index (χ1v) is 11.0. The number of carbonyl (C=O) groups excluding carboxylic acids is 1. The van der Waals surface area contributed by atoms with E-state index in [4.69, 9.17) is 4.74 Å². The van der Waals surface area contributed by atoms with Crippen LogP contribution in [0.15, 0.2) is 23.1 Å². The highest BCUT2D eigenvalue weighted by Crippen LogP contribution is 2.24. The molecule has 0 bridgehead atoms. The molecule has 1 aromatic carbocycles. The first-order chi connectivity index (χ1) is 13.0. The highest BCUT2D eigenvalue weighted by Gasteiger charge is 2.30. The van der Waals surface area contributed by atoms with E-state index in [1.807, 2.05) is 11.0 Å². The Morgan fingerprint density at radius 2 is 2.19 bits per heavy atom. The van der Waals surface area contributed by atoms with Gasteiger partial charge in [-0.15, -0.1) is 0 Å². The first kappa shape index (κ1) is 18.8. The third kappa shape index (κ3) is 4.17. The van der Waals surface area contributed by atoms with Crippen molar-refractivity contribution < 1.29 is 17.9 Å². The first-order valence-electron chi connectivity index (χ1n) is 9.53. The van der Waals surface area contributed by atoms with Crippen LogP contribution in [0.1, 0.15) is 30.4 Å². The molecule has 0 aromatic heterocycles. The molecule has 3 N–H and O–H groups in total. The second kappa shape index (κ2) is 7.84. The topological polar surface area (TPSA) is 99.8 Å². The minimum Gasteiger partial charge on any atom is -0.377 e. The maximum atomic E-state index is 12.6. The number of hydrogen-bond donors (Lipinski definition) is 3. The molecule has 2 unspecified atom stereocenters. The molecule has 2 atom stereocenters. The third-order valence-electron chi connectivity index (χ3n) is 5.47. The second-order valence-electron chi connectivity index (χ2n) is 7.34. The van der Waals surface area contributed by atoms with Crippen LogP contribution in [-0.4, -0.2) is 57.6 Å². The van der Waals surface area contributed by atoms with Gasteiger partial charge in [-0.05, 0) is 48.9 Å². The quantitative estimate of drug-likeness (QED) is 0.645. The minimum atomic E-state index is -3.59. The van der Waals surface area contributed by atoms with E-state index in [1.54, 1.807) is 12.1 Å². The van der Waals surface area contributed by atoms with Crippen molar-refractivity contribution in [3.63, 3.8) is 0 Å². The van der Waals surface area contributed by atoms with Crippen LogP contribution in [-0.2, 0) is 32.5 Å². The summed E-state index contributed by atoms with van der Waals surface area (Å²) in [7, 11) is -3.59. The Labute approximate surface area is 159 Å². The van der Waals surface area contributed by atoms with Crippen molar-refractivity contribution in [1.29, 1.82) is 0 Å². The molecular weight excluding hydrogens is 368 g/mol. The number of fused-ring (bicyclic) bond motifs is 1. The summed E-state index contributed by atoms with van der Waals surface area (Å²) < 4.78 is 33.4. The Hall–Kier alpha value is -1.52. The number of carbonyl (C=O) groups is 1. The van der Waals surface area contributed by atoms with Crippen molar-refractivity contribution in [2.75, 3.05) is 26.2 Å². The van der Waals surface area contributed by atoms with Crippen LogP contribution in [0.25, 0.3) is 0 Å². The van der Waals surface area contributed by atoms with Gasteiger partial charge in [0.1, 0.15) is 6.04 Å². The molecule has 2 fully saturated rings.